The molecule has 0 bridgehead atoms. The van der Waals surface area contributed by atoms with Crippen molar-refractivity contribution in [3.63, 3.8) is 0 Å². The fraction of sp³-hybridized carbons (Fsp3) is 0.588. The highest BCUT2D eigenvalue weighted by Gasteiger charge is 2.19. The number of rotatable bonds is 6. The SMILES string of the molecule is Cc1ccc(C)c(OCCSC(C)C(=O)NC(C)(C)C)c1. The Hall–Kier alpha value is -1.16. The fourth-order valence-corrected chi connectivity index (χ4v) is 2.53. The van der Waals surface area contributed by atoms with E-state index in [1.165, 1.54) is 5.56 Å². The van der Waals surface area contributed by atoms with Gasteiger partial charge in [-0.3, -0.25) is 4.79 Å². The number of nitrogens with one attached hydrogen (secondary N) is 1. The standard InChI is InChI=1S/C17H27NO2S/c1-12-7-8-13(2)15(11-12)20-9-10-21-14(3)16(19)18-17(4,5)6/h7-8,11,14H,9-10H2,1-6H3,(H,18,19). The molecule has 0 aliphatic carbocycles. The van der Waals surface area contributed by atoms with Gasteiger partial charge in [0, 0.05) is 11.3 Å². The second kappa shape index (κ2) is 7.74. The number of carbonyl (C=O) groups is 1. The lowest BCUT2D eigenvalue weighted by Gasteiger charge is -2.23. The summed E-state index contributed by atoms with van der Waals surface area (Å²) in [6, 6.07) is 6.20. The van der Waals surface area contributed by atoms with E-state index < -0.39 is 0 Å². The van der Waals surface area contributed by atoms with Gasteiger partial charge in [0.25, 0.3) is 0 Å². The zero-order chi connectivity index (χ0) is 16.0. The summed E-state index contributed by atoms with van der Waals surface area (Å²) in [6.07, 6.45) is 0. The first-order valence-electron chi connectivity index (χ1n) is 7.33. The molecule has 0 fully saturated rings. The summed E-state index contributed by atoms with van der Waals surface area (Å²) in [7, 11) is 0. The molecule has 118 valence electrons. The second-order valence-corrected chi connectivity index (χ2v) is 7.82. The van der Waals surface area contributed by atoms with Crippen molar-refractivity contribution in [3.05, 3.63) is 29.3 Å². The maximum Gasteiger partial charge on any atom is 0.233 e. The van der Waals surface area contributed by atoms with Crippen molar-refractivity contribution in [2.24, 2.45) is 0 Å². The van der Waals surface area contributed by atoms with Crippen LogP contribution in [-0.2, 0) is 4.79 Å². The first-order chi connectivity index (χ1) is 9.69. The number of ether oxygens (including phenoxy) is 1. The van der Waals surface area contributed by atoms with Crippen LogP contribution in [0.4, 0.5) is 0 Å². The molecule has 0 radical (unpaired) electrons. The number of aryl methyl sites for hydroxylation is 2. The van der Waals surface area contributed by atoms with Gasteiger partial charge in [0.2, 0.25) is 5.91 Å². The first-order valence-corrected chi connectivity index (χ1v) is 8.37. The number of hydrogen-bond acceptors (Lipinski definition) is 3. The molecule has 0 heterocycles. The summed E-state index contributed by atoms with van der Waals surface area (Å²) in [5.41, 5.74) is 2.16. The van der Waals surface area contributed by atoms with E-state index in [2.05, 4.69) is 30.4 Å². The summed E-state index contributed by atoms with van der Waals surface area (Å²) < 4.78 is 5.80. The number of amides is 1. The van der Waals surface area contributed by atoms with Gasteiger partial charge in [0.05, 0.1) is 11.9 Å². The molecule has 1 rings (SSSR count). The largest absolute Gasteiger partial charge is 0.492 e. The van der Waals surface area contributed by atoms with Crippen molar-refractivity contribution < 1.29 is 9.53 Å². The Balaban J connectivity index is 2.34. The number of hydrogen-bond donors (Lipinski definition) is 1. The van der Waals surface area contributed by atoms with Gasteiger partial charge in [-0.25, -0.2) is 0 Å². The van der Waals surface area contributed by atoms with Crippen LogP contribution in [0.1, 0.15) is 38.8 Å². The molecule has 1 aromatic carbocycles. The van der Waals surface area contributed by atoms with Crippen LogP contribution >= 0.6 is 11.8 Å². The highest BCUT2D eigenvalue weighted by Crippen LogP contribution is 2.20. The molecule has 0 aliphatic heterocycles. The third-order valence-corrected chi connectivity index (χ3v) is 4.04. The van der Waals surface area contributed by atoms with Gasteiger partial charge in [0.15, 0.2) is 0 Å². The monoisotopic (exact) mass is 309 g/mol. The Morgan fingerprint density at radius 2 is 2.00 bits per heavy atom. The van der Waals surface area contributed by atoms with E-state index in [-0.39, 0.29) is 16.7 Å². The van der Waals surface area contributed by atoms with E-state index in [0.29, 0.717) is 6.61 Å². The third kappa shape index (κ3) is 6.89. The predicted octanol–water partition coefficient (Wildman–Crippen LogP) is 3.72. The number of benzene rings is 1. The maximum absolute atomic E-state index is 11.9. The Labute approximate surface area is 132 Å². The fourth-order valence-electron chi connectivity index (χ4n) is 1.79. The minimum Gasteiger partial charge on any atom is -0.492 e. The van der Waals surface area contributed by atoms with E-state index in [1.54, 1.807) is 11.8 Å². The number of thioether (sulfide) groups is 1. The zero-order valence-electron chi connectivity index (χ0n) is 13.9. The Bertz CT molecular complexity index is 480. The van der Waals surface area contributed by atoms with E-state index in [4.69, 9.17) is 4.74 Å². The molecule has 21 heavy (non-hydrogen) atoms. The van der Waals surface area contributed by atoms with Crippen LogP contribution in [0.3, 0.4) is 0 Å². The van der Waals surface area contributed by atoms with Gasteiger partial charge in [0.1, 0.15) is 5.75 Å². The van der Waals surface area contributed by atoms with Crippen molar-refractivity contribution >= 4 is 17.7 Å². The normalized spacial score (nSPS) is 12.9. The van der Waals surface area contributed by atoms with Gasteiger partial charge >= 0.3 is 0 Å². The van der Waals surface area contributed by atoms with Crippen LogP contribution < -0.4 is 10.1 Å². The molecule has 1 N–H and O–H groups in total. The highest BCUT2D eigenvalue weighted by atomic mass is 32.2. The average Bonchev–Trinajstić information content (AvgIpc) is 2.36. The maximum atomic E-state index is 11.9. The smallest absolute Gasteiger partial charge is 0.233 e. The molecule has 0 aliphatic rings. The lowest BCUT2D eigenvalue weighted by molar-refractivity contribution is -0.121. The van der Waals surface area contributed by atoms with Gasteiger partial charge in [-0.15, -0.1) is 11.8 Å². The van der Waals surface area contributed by atoms with Crippen LogP contribution in [0.15, 0.2) is 18.2 Å². The third-order valence-electron chi connectivity index (χ3n) is 2.92. The molecule has 0 spiro atoms. The molecule has 1 atom stereocenters. The van der Waals surface area contributed by atoms with Gasteiger partial charge < -0.3 is 10.1 Å². The Kier molecular flexibility index (Phi) is 6.59. The molecule has 1 unspecified atom stereocenters. The molecule has 3 nitrogen and oxygen atoms in total. The molecule has 0 saturated heterocycles. The van der Waals surface area contributed by atoms with Gasteiger partial charge in [-0.05, 0) is 58.7 Å². The first kappa shape index (κ1) is 17.9. The second-order valence-electron chi connectivity index (χ2n) is 6.37. The molecule has 1 amide bonds. The molecular weight excluding hydrogens is 282 g/mol. The van der Waals surface area contributed by atoms with Crippen molar-refractivity contribution in [1.82, 2.24) is 5.32 Å². The molecular formula is C17H27NO2S. The van der Waals surface area contributed by atoms with E-state index in [9.17, 15) is 4.79 Å². The predicted molar refractivity (Wildman–Crippen MR) is 91.2 cm³/mol. The van der Waals surface area contributed by atoms with Crippen LogP contribution in [-0.4, -0.2) is 29.1 Å². The van der Waals surface area contributed by atoms with Crippen LogP contribution in [0.25, 0.3) is 0 Å². The summed E-state index contributed by atoms with van der Waals surface area (Å²) in [5.74, 6) is 1.81. The minimum atomic E-state index is -0.179. The average molecular weight is 309 g/mol. The topological polar surface area (TPSA) is 38.3 Å². The minimum absolute atomic E-state index is 0.0635. The zero-order valence-corrected chi connectivity index (χ0v) is 14.8. The van der Waals surface area contributed by atoms with Crippen molar-refractivity contribution in [3.8, 4) is 5.75 Å². The molecule has 0 aromatic heterocycles. The Morgan fingerprint density at radius 3 is 2.62 bits per heavy atom. The van der Waals surface area contributed by atoms with Crippen molar-refractivity contribution in [2.75, 3.05) is 12.4 Å². The van der Waals surface area contributed by atoms with Crippen LogP contribution in [0, 0.1) is 13.8 Å². The quantitative estimate of drug-likeness (QED) is 0.814. The summed E-state index contributed by atoms with van der Waals surface area (Å²) >= 11 is 1.62. The van der Waals surface area contributed by atoms with Crippen molar-refractivity contribution in [1.29, 1.82) is 0 Å². The van der Waals surface area contributed by atoms with Gasteiger partial charge in [-0.2, -0.15) is 0 Å². The van der Waals surface area contributed by atoms with Gasteiger partial charge in [-0.1, -0.05) is 12.1 Å². The Morgan fingerprint density at radius 1 is 1.33 bits per heavy atom. The van der Waals surface area contributed by atoms with E-state index >= 15 is 0 Å². The lowest BCUT2D eigenvalue weighted by atomic mass is 10.1. The highest BCUT2D eigenvalue weighted by molar-refractivity contribution is 8.00. The van der Waals surface area contributed by atoms with E-state index in [0.717, 1.165) is 17.1 Å². The summed E-state index contributed by atoms with van der Waals surface area (Å²) in [5, 5.41) is 2.93. The molecule has 0 saturated carbocycles. The number of carbonyl (C=O) groups excluding carboxylic acids is 1. The van der Waals surface area contributed by atoms with E-state index in [1.807, 2.05) is 34.6 Å². The lowest BCUT2D eigenvalue weighted by Crippen LogP contribution is -2.44. The van der Waals surface area contributed by atoms with Crippen molar-refractivity contribution in [2.45, 2.75) is 52.3 Å². The van der Waals surface area contributed by atoms with Crippen LogP contribution in [0.5, 0.6) is 5.75 Å². The molecule has 4 heteroatoms. The van der Waals surface area contributed by atoms with Crippen LogP contribution in [0.2, 0.25) is 0 Å². The molecule has 1 aromatic rings. The summed E-state index contributed by atoms with van der Waals surface area (Å²) in [4.78, 5) is 11.9. The summed E-state index contributed by atoms with van der Waals surface area (Å²) in [6.45, 7) is 12.6.